The van der Waals surface area contributed by atoms with Gasteiger partial charge in [0.1, 0.15) is 10.7 Å². The van der Waals surface area contributed by atoms with Gasteiger partial charge in [-0.1, -0.05) is 0 Å². The Balaban J connectivity index is 2.45. The molecule has 0 radical (unpaired) electrons. The van der Waals surface area contributed by atoms with Crippen molar-refractivity contribution in [3.63, 3.8) is 0 Å². The van der Waals surface area contributed by atoms with Crippen LogP contribution in [-0.2, 0) is 15.6 Å². The molecule has 2 rings (SSSR count). The van der Waals surface area contributed by atoms with Crippen LogP contribution in [0.15, 0.2) is 39.9 Å². The van der Waals surface area contributed by atoms with Crippen molar-refractivity contribution in [2.75, 3.05) is 0 Å². The summed E-state index contributed by atoms with van der Waals surface area (Å²) >= 11 is 1.34. The maximum absolute atomic E-state index is 13.6. The Morgan fingerprint density at radius 2 is 2.05 bits per heavy atom. The van der Waals surface area contributed by atoms with Crippen molar-refractivity contribution >= 4 is 27.1 Å². The average molecular weight is 300 g/mol. The Hall–Kier alpha value is -1.73. The predicted octanol–water partition coefficient (Wildman–Crippen LogP) is 2.56. The lowest BCUT2D eigenvalue weighted by molar-refractivity contribution is 0.0696. The highest BCUT2D eigenvalue weighted by atomic mass is 32.2. The van der Waals surface area contributed by atoms with Gasteiger partial charge in [-0.25, -0.2) is 17.6 Å². The Morgan fingerprint density at radius 1 is 1.32 bits per heavy atom. The lowest BCUT2D eigenvalue weighted by atomic mass is 10.2. The second-order valence-corrected chi connectivity index (χ2v) is 6.58. The van der Waals surface area contributed by atoms with Crippen LogP contribution in [0.5, 0.6) is 0 Å². The van der Waals surface area contributed by atoms with Gasteiger partial charge in [0.25, 0.3) is 0 Å². The van der Waals surface area contributed by atoms with E-state index in [1.165, 1.54) is 11.3 Å². The summed E-state index contributed by atoms with van der Waals surface area (Å²) in [5, 5.41) is 12.2. The van der Waals surface area contributed by atoms with Gasteiger partial charge in [0.05, 0.1) is 11.3 Å². The maximum atomic E-state index is 13.6. The van der Waals surface area contributed by atoms with Crippen molar-refractivity contribution in [3.05, 3.63) is 52.0 Å². The molecule has 100 valence electrons. The van der Waals surface area contributed by atoms with Crippen LogP contribution in [0, 0.1) is 5.82 Å². The van der Waals surface area contributed by atoms with Crippen molar-refractivity contribution in [2.45, 2.75) is 10.6 Å². The SMILES string of the molecule is O=C(O)c1ccc(F)c(S(=O)(=O)Cc2ccsc2)c1. The molecule has 1 aromatic heterocycles. The van der Waals surface area contributed by atoms with Crippen LogP contribution in [0.2, 0.25) is 0 Å². The molecular weight excluding hydrogens is 291 g/mol. The Morgan fingerprint density at radius 3 is 2.63 bits per heavy atom. The first-order chi connectivity index (χ1) is 8.90. The molecule has 0 aliphatic heterocycles. The van der Waals surface area contributed by atoms with Crippen LogP contribution in [-0.4, -0.2) is 19.5 Å². The molecule has 19 heavy (non-hydrogen) atoms. The molecule has 0 atom stereocenters. The molecule has 0 amide bonds. The number of hydrogen-bond donors (Lipinski definition) is 1. The minimum atomic E-state index is -3.90. The van der Waals surface area contributed by atoms with Crippen molar-refractivity contribution in [1.82, 2.24) is 0 Å². The largest absolute Gasteiger partial charge is 0.478 e. The fraction of sp³-hybridized carbons (Fsp3) is 0.0833. The van der Waals surface area contributed by atoms with Gasteiger partial charge >= 0.3 is 5.97 Å². The first kappa shape index (κ1) is 13.7. The summed E-state index contributed by atoms with van der Waals surface area (Å²) in [6, 6.07) is 4.35. The molecule has 7 heteroatoms. The van der Waals surface area contributed by atoms with Crippen molar-refractivity contribution in [1.29, 1.82) is 0 Å². The number of hydrogen-bond acceptors (Lipinski definition) is 4. The molecule has 0 unspecified atom stereocenters. The number of carboxylic acids is 1. The molecule has 4 nitrogen and oxygen atoms in total. The fourth-order valence-corrected chi connectivity index (χ4v) is 3.77. The number of benzene rings is 1. The molecule has 0 aliphatic carbocycles. The van der Waals surface area contributed by atoms with Gasteiger partial charge in [0.2, 0.25) is 0 Å². The number of carboxylic acid groups (broad SMARTS) is 1. The number of halogens is 1. The summed E-state index contributed by atoms with van der Waals surface area (Å²) in [7, 11) is -3.90. The van der Waals surface area contributed by atoms with Crippen LogP contribution in [0.4, 0.5) is 4.39 Å². The molecule has 1 aromatic carbocycles. The molecule has 0 aliphatic rings. The predicted molar refractivity (Wildman–Crippen MR) is 68.6 cm³/mol. The van der Waals surface area contributed by atoms with Gasteiger partial charge in [-0.15, -0.1) is 0 Å². The third kappa shape index (κ3) is 2.99. The first-order valence-electron chi connectivity index (χ1n) is 5.17. The number of rotatable bonds is 4. The Bertz CT molecular complexity index is 705. The van der Waals surface area contributed by atoms with Gasteiger partial charge in [0.15, 0.2) is 9.84 Å². The van der Waals surface area contributed by atoms with Crippen LogP contribution in [0.25, 0.3) is 0 Å². The number of aromatic carboxylic acids is 1. The summed E-state index contributed by atoms with van der Waals surface area (Å²) in [4.78, 5) is 10.2. The lowest BCUT2D eigenvalue weighted by Gasteiger charge is -2.05. The van der Waals surface area contributed by atoms with E-state index in [1.54, 1.807) is 16.8 Å². The van der Waals surface area contributed by atoms with Crippen LogP contribution < -0.4 is 0 Å². The highest BCUT2D eigenvalue weighted by Gasteiger charge is 2.21. The Labute approximate surface area is 113 Å². The van der Waals surface area contributed by atoms with E-state index in [0.717, 1.165) is 18.2 Å². The zero-order valence-electron chi connectivity index (χ0n) is 9.54. The van der Waals surface area contributed by atoms with Gasteiger partial charge in [-0.2, -0.15) is 11.3 Å². The molecule has 0 spiro atoms. The van der Waals surface area contributed by atoms with Gasteiger partial charge in [-0.05, 0) is 40.6 Å². The van der Waals surface area contributed by atoms with Crippen LogP contribution in [0.3, 0.4) is 0 Å². The van der Waals surface area contributed by atoms with Crippen molar-refractivity contribution in [2.24, 2.45) is 0 Å². The first-order valence-corrected chi connectivity index (χ1v) is 7.76. The summed E-state index contributed by atoms with van der Waals surface area (Å²) in [6.45, 7) is 0. The van der Waals surface area contributed by atoms with Gasteiger partial charge in [0, 0.05) is 0 Å². The number of sulfone groups is 1. The second-order valence-electron chi connectivity index (χ2n) is 3.84. The molecular formula is C12H9FO4S2. The highest BCUT2D eigenvalue weighted by molar-refractivity contribution is 7.90. The smallest absolute Gasteiger partial charge is 0.335 e. The van der Waals surface area contributed by atoms with Crippen molar-refractivity contribution < 1.29 is 22.7 Å². The summed E-state index contributed by atoms with van der Waals surface area (Å²) in [5.41, 5.74) is 0.287. The van der Waals surface area contributed by atoms with E-state index in [1.807, 2.05) is 0 Å². The summed E-state index contributed by atoms with van der Waals surface area (Å²) in [5.74, 6) is -2.59. The zero-order chi connectivity index (χ0) is 14.0. The normalized spacial score (nSPS) is 11.4. The molecule has 0 fully saturated rings. The van der Waals surface area contributed by atoms with E-state index in [2.05, 4.69) is 0 Å². The maximum Gasteiger partial charge on any atom is 0.335 e. The van der Waals surface area contributed by atoms with E-state index in [4.69, 9.17) is 5.11 Å². The second kappa shape index (κ2) is 5.10. The van der Waals surface area contributed by atoms with E-state index >= 15 is 0 Å². The molecule has 1 N–H and O–H groups in total. The quantitative estimate of drug-likeness (QED) is 0.942. The molecule has 2 aromatic rings. The fourth-order valence-electron chi connectivity index (χ4n) is 1.55. The number of carbonyl (C=O) groups is 1. The van der Waals surface area contributed by atoms with Gasteiger partial charge < -0.3 is 5.11 Å². The molecule has 0 bridgehead atoms. The van der Waals surface area contributed by atoms with Crippen molar-refractivity contribution in [3.8, 4) is 0 Å². The molecule has 0 saturated heterocycles. The molecule has 1 heterocycles. The lowest BCUT2D eigenvalue weighted by Crippen LogP contribution is -2.09. The number of thiophene rings is 1. The monoisotopic (exact) mass is 300 g/mol. The summed E-state index contributed by atoms with van der Waals surface area (Å²) in [6.07, 6.45) is 0. The standard InChI is InChI=1S/C12H9FO4S2/c13-10-2-1-9(12(14)15)5-11(10)19(16,17)7-8-3-4-18-6-8/h1-6H,7H2,(H,14,15). The molecule has 0 saturated carbocycles. The average Bonchev–Trinajstić information content (AvgIpc) is 2.81. The topological polar surface area (TPSA) is 71.4 Å². The van der Waals surface area contributed by atoms with E-state index in [9.17, 15) is 17.6 Å². The minimum absolute atomic E-state index is 0.259. The third-order valence-corrected chi connectivity index (χ3v) is 4.88. The minimum Gasteiger partial charge on any atom is -0.478 e. The van der Waals surface area contributed by atoms with Gasteiger partial charge in [-0.3, -0.25) is 0 Å². The zero-order valence-corrected chi connectivity index (χ0v) is 11.2. The van der Waals surface area contributed by atoms with E-state index < -0.39 is 26.5 Å². The van der Waals surface area contributed by atoms with E-state index in [0.29, 0.717) is 5.56 Å². The highest BCUT2D eigenvalue weighted by Crippen LogP contribution is 2.22. The van der Waals surface area contributed by atoms with Crippen LogP contribution in [0.1, 0.15) is 15.9 Å². The Kier molecular flexibility index (Phi) is 3.68. The van der Waals surface area contributed by atoms with E-state index in [-0.39, 0.29) is 11.3 Å². The third-order valence-electron chi connectivity index (χ3n) is 2.45. The summed E-state index contributed by atoms with van der Waals surface area (Å²) < 4.78 is 37.7. The van der Waals surface area contributed by atoms with Crippen LogP contribution >= 0.6 is 11.3 Å².